The van der Waals surface area contributed by atoms with Crippen LogP contribution in [0, 0.1) is 0 Å². The number of hydrogen-bond donors (Lipinski definition) is 2. The Morgan fingerprint density at radius 2 is 2.12 bits per heavy atom. The minimum absolute atomic E-state index is 0.0941. The van der Waals surface area contributed by atoms with Crippen LogP contribution in [0.4, 0.5) is 0 Å². The van der Waals surface area contributed by atoms with Crippen LogP contribution in [-0.2, 0) is 6.61 Å². The quantitative estimate of drug-likeness (QED) is 0.567. The van der Waals surface area contributed by atoms with E-state index in [9.17, 15) is 4.79 Å². The molecule has 3 heterocycles. The molecule has 0 atom stereocenters. The molecule has 6 nitrogen and oxygen atoms in total. The van der Waals surface area contributed by atoms with Crippen molar-refractivity contribution in [2.45, 2.75) is 6.61 Å². The van der Waals surface area contributed by atoms with Crippen LogP contribution in [0.5, 0.6) is 5.75 Å². The molecule has 0 bridgehead atoms. The maximum atomic E-state index is 11.7. The molecule has 0 aliphatic carbocycles. The molecular formula is C19H16N4O2S. The molecule has 2 N–H and O–H groups in total. The predicted octanol–water partition coefficient (Wildman–Crippen LogP) is 3.63. The third-order valence-corrected chi connectivity index (χ3v) is 4.86. The minimum Gasteiger partial charge on any atom is -0.486 e. The third kappa shape index (κ3) is 3.29. The number of pyridine rings is 1. The van der Waals surface area contributed by atoms with Crippen LogP contribution in [0.1, 0.15) is 16.2 Å². The smallest absolute Gasteiger partial charge is 0.251 e. The average molecular weight is 364 g/mol. The number of amides is 1. The number of para-hydroxylation sites is 1. The zero-order valence-electron chi connectivity index (χ0n) is 14.0. The van der Waals surface area contributed by atoms with Gasteiger partial charge in [-0.1, -0.05) is 18.2 Å². The number of carbonyl (C=O) groups excluding carboxylic acids is 1. The summed E-state index contributed by atoms with van der Waals surface area (Å²) in [4.78, 5) is 24.8. The molecule has 4 rings (SSSR count). The number of rotatable bonds is 5. The van der Waals surface area contributed by atoms with Gasteiger partial charge in [0.15, 0.2) is 5.65 Å². The zero-order valence-corrected chi connectivity index (χ0v) is 14.8. The lowest BCUT2D eigenvalue weighted by molar-refractivity contribution is 0.0963. The van der Waals surface area contributed by atoms with Gasteiger partial charge in [0.1, 0.15) is 18.2 Å². The number of nitrogens with zero attached hydrogens (tertiary/aromatic N) is 2. The first kappa shape index (κ1) is 16.3. The van der Waals surface area contributed by atoms with E-state index in [1.165, 1.54) is 11.3 Å². The highest BCUT2D eigenvalue weighted by Gasteiger charge is 2.11. The number of thiophene rings is 1. The standard InChI is InChI=1S/C19H16N4O2S/c1-20-19(24)13-8-16(26-11-13)12-7-15-18(21-9-12)23-17(22-15)10-25-14-5-3-2-4-6-14/h2-9,11H,10H2,1H3,(H,20,24)(H,21,22,23). The second-order valence-electron chi connectivity index (χ2n) is 5.66. The molecule has 0 aliphatic heterocycles. The van der Waals surface area contributed by atoms with E-state index in [0.29, 0.717) is 23.6 Å². The van der Waals surface area contributed by atoms with E-state index in [1.54, 1.807) is 13.2 Å². The van der Waals surface area contributed by atoms with Crippen molar-refractivity contribution in [1.82, 2.24) is 20.3 Å². The van der Waals surface area contributed by atoms with Crippen molar-refractivity contribution in [2.24, 2.45) is 0 Å². The Morgan fingerprint density at radius 3 is 2.92 bits per heavy atom. The van der Waals surface area contributed by atoms with Crippen LogP contribution in [0.15, 0.2) is 54.0 Å². The molecule has 1 aromatic carbocycles. The summed E-state index contributed by atoms with van der Waals surface area (Å²) in [5.41, 5.74) is 3.07. The van der Waals surface area contributed by atoms with Crippen LogP contribution in [0.3, 0.4) is 0 Å². The van der Waals surface area contributed by atoms with Gasteiger partial charge < -0.3 is 15.0 Å². The molecule has 0 fully saturated rings. The van der Waals surface area contributed by atoms with Crippen molar-refractivity contribution in [1.29, 1.82) is 0 Å². The van der Waals surface area contributed by atoms with Gasteiger partial charge in [-0.05, 0) is 24.3 Å². The minimum atomic E-state index is -0.0941. The zero-order chi connectivity index (χ0) is 17.9. The summed E-state index contributed by atoms with van der Waals surface area (Å²) >= 11 is 1.51. The average Bonchev–Trinajstić information content (AvgIpc) is 3.32. The molecule has 4 aromatic rings. The maximum Gasteiger partial charge on any atom is 0.251 e. The third-order valence-electron chi connectivity index (χ3n) is 3.88. The fourth-order valence-electron chi connectivity index (χ4n) is 2.57. The number of hydrogen-bond acceptors (Lipinski definition) is 5. The maximum absolute atomic E-state index is 11.7. The van der Waals surface area contributed by atoms with E-state index >= 15 is 0 Å². The number of benzene rings is 1. The first-order chi connectivity index (χ1) is 12.7. The summed E-state index contributed by atoms with van der Waals surface area (Å²) < 4.78 is 5.71. The van der Waals surface area contributed by atoms with Gasteiger partial charge in [-0.3, -0.25) is 4.79 Å². The molecule has 0 aliphatic rings. The Hall–Kier alpha value is -3.19. The summed E-state index contributed by atoms with van der Waals surface area (Å²) in [6.45, 7) is 0.343. The van der Waals surface area contributed by atoms with E-state index in [4.69, 9.17) is 4.74 Å². The summed E-state index contributed by atoms with van der Waals surface area (Å²) in [5, 5.41) is 4.47. The van der Waals surface area contributed by atoms with Crippen LogP contribution in [0.25, 0.3) is 21.6 Å². The van der Waals surface area contributed by atoms with Crippen molar-refractivity contribution in [2.75, 3.05) is 7.05 Å². The van der Waals surface area contributed by atoms with E-state index in [0.717, 1.165) is 21.7 Å². The van der Waals surface area contributed by atoms with Gasteiger partial charge in [-0.25, -0.2) is 9.97 Å². The normalized spacial score (nSPS) is 10.8. The van der Waals surface area contributed by atoms with Gasteiger partial charge in [-0.2, -0.15) is 0 Å². The van der Waals surface area contributed by atoms with Crippen LogP contribution in [0.2, 0.25) is 0 Å². The van der Waals surface area contributed by atoms with Crippen LogP contribution < -0.4 is 10.1 Å². The van der Waals surface area contributed by atoms with Gasteiger partial charge in [0, 0.05) is 29.1 Å². The van der Waals surface area contributed by atoms with E-state index in [2.05, 4.69) is 20.3 Å². The van der Waals surface area contributed by atoms with Crippen molar-refractivity contribution >= 4 is 28.4 Å². The van der Waals surface area contributed by atoms with E-state index in [-0.39, 0.29) is 5.91 Å². The SMILES string of the molecule is CNC(=O)c1csc(-c2cnc3nc(COc4ccccc4)[nH]c3c2)c1. The van der Waals surface area contributed by atoms with Crippen LogP contribution in [-0.4, -0.2) is 27.9 Å². The van der Waals surface area contributed by atoms with Gasteiger partial charge in [-0.15, -0.1) is 11.3 Å². The fraction of sp³-hybridized carbons (Fsp3) is 0.105. The van der Waals surface area contributed by atoms with Gasteiger partial charge in [0.25, 0.3) is 5.91 Å². The molecular weight excluding hydrogens is 348 g/mol. The number of H-pyrrole nitrogens is 1. The lowest BCUT2D eigenvalue weighted by atomic mass is 10.2. The van der Waals surface area contributed by atoms with Gasteiger partial charge in [0.2, 0.25) is 0 Å². The Kier molecular flexibility index (Phi) is 4.37. The highest BCUT2D eigenvalue weighted by molar-refractivity contribution is 7.13. The number of nitrogens with one attached hydrogen (secondary N) is 2. The Balaban J connectivity index is 1.55. The number of ether oxygens (including phenoxy) is 1. The second-order valence-corrected chi connectivity index (χ2v) is 6.57. The summed E-state index contributed by atoms with van der Waals surface area (Å²) in [6, 6.07) is 13.5. The molecule has 0 saturated heterocycles. The first-order valence-electron chi connectivity index (χ1n) is 8.06. The molecule has 3 aromatic heterocycles. The molecule has 26 heavy (non-hydrogen) atoms. The van der Waals surface area contributed by atoms with Crippen molar-refractivity contribution in [3.63, 3.8) is 0 Å². The lowest BCUT2D eigenvalue weighted by Crippen LogP contribution is -2.16. The number of aromatic amines is 1. The molecule has 7 heteroatoms. The van der Waals surface area contributed by atoms with Crippen molar-refractivity contribution < 1.29 is 9.53 Å². The Bertz CT molecular complexity index is 1060. The predicted molar refractivity (Wildman–Crippen MR) is 101 cm³/mol. The fourth-order valence-corrected chi connectivity index (χ4v) is 3.44. The molecule has 0 unspecified atom stereocenters. The topological polar surface area (TPSA) is 79.9 Å². The largest absolute Gasteiger partial charge is 0.486 e. The number of fused-ring (bicyclic) bond motifs is 1. The highest BCUT2D eigenvalue weighted by atomic mass is 32.1. The molecule has 1 amide bonds. The highest BCUT2D eigenvalue weighted by Crippen LogP contribution is 2.28. The molecule has 0 spiro atoms. The van der Waals surface area contributed by atoms with E-state index < -0.39 is 0 Å². The second kappa shape index (κ2) is 6.97. The Labute approximate surface area is 153 Å². The number of imidazole rings is 1. The van der Waals surface area contributed by atoms with Gasteiger partial charge in [0.05, 0.1) is 11.1 Å². The van der Waals surface area contributed by atoms with Crippen molar-refractivity contribution in [3.05, 3.63) is 65.4 Å². The van der Waals surface area contributed by atoms with E-state index in [1.807, 2.05) is 47.8 Å². The molecule has 0 radical (unpaired) electrons. The summed E-state index contributed by atoms with van der Waals surface area (Å²) in [7, 11) is 1.62. The lowest BCUT2D eigenvalue weighted by Gasteiger charge is -2.02. The van der Waals surface area contributed by atoms with Crippen LogP contribution >= 0.6 is 11.3 Å². The molecule has 0 saturated carbocycles. The Morgan fingerprint density at radius 1 is 1.27 bits per heavy atom. The summed E-state index contributed by atoms with van der Waals surface area (Å²) in [6.07, 6.45) is 1.77. The van der Waals surface area contributed by atoms with Gasteiger partial charge >= 0.3 is 0 Å². The monoisotopic (exact) mass is 364 g/mol. The summed E-state index contributed by atoms with van der Waals surface area (Å²) in [5.74, 6) is 1.41. The van der Waals surface area contributed by atoms with Crippen molar-refractivity contribution in [3.8, 4) is 16.2 Å². The first-order valence-corrected chi connectivity index (χ1v) is 8.94. The number of carbonyl (C=O) groups is 1. The molecule has 130 valence electrons. The number of aromatic nitrogens is 3.